The van der Waals surface area contributed by atoms with Crippen molar-refractivity contribution in [2.45, 2.75) is 0 Å². The van der Waals surface area contributed by atoms with Crippen LogP contribution < -0.4 is 0 Å². The number of rotatable bonds is 7. The van der Waals surface area contributed by atoms with Gasteiger partial charge < -0.3 is 0 Å². The van der Waals surface area contributed by atoms with Gasteiger partial charge in [-0.05, 0) is 68.7 Å². The first-order valence-corrected chi connectivity index (χ1v) is 23.1. The standard InChI is InChI=1S/C60H36N6S/c1-3-11-47-37(9-1)15-28-45-35-46(30-31-48(45)47)55-58-56(50-32-29-38-10-2-4-12-49(38)57(50)67-58)66-60(65-55)44-26-24-43(25-27-44)59-63-53(41-20-16-39(17-21-41)51-13-5-7-33-61-51)36-54(64-59)42-22-18-40(19-23-42)52-14-6-8-34-62-52/h1-36H. The zero-order chi connectivity index (χ0) is 44.3. The van der Waals surface area contributed by atoms with Crippen molar-refractivity contribution in [2.24, 2.45) is 0 Å². The van der Waals surface area contributed by atoms with Gasteiger partial charge in [0.25, 0.3) is 0 Å². The summed E-state index contributed by atoms with van der Waals surface area (Å²) < 4.78 is 2.29. The Bertz CT molecular complexity index is 3900. The number of benzene rings is 8. The molecule has 5 aromatic heterocycles. The first-order chi connectivity index (χ1) is 33.2. The third kappa shape index (κ3) is 6.97. The van der Waals surface area contributed by atoms with E-state index in [9.17, 15) is 0 Å². The molecular formula is C60H36N6S. The molecule has 0 aliphatic heterocycles. The van der Waals surface area contributed by atoms with Crippen molar-refractivity contribution >= 4 is 64.0 Å². The van der Waals surface area contributed by atoms with Gasteiger partial charge in [0.2, 0.25) is 0 Å². The minimum atomic E-state index is 0.623. The van der Waals surface area contributed by atoms with E-state index in [4.69, 9.17) is 19.9 Å². The smallest absolute Gasteiger partial charge is 0.160 e. The van der Waals surface area contributed by atoms with E-state index < -0.39 is 0 Å². The summed E-state index contributed by atoms with van der Waals surface area (Å²) >= 11 is 1.77. The first kappa shape index (κ1) is 38.7. The molecule has 0 unspecified atom stereocenters. The van der Waals surface area contributed by atoms with Crippen LogP contribution in [0.2, 0.25) is 0 Å². The fourth-order valence-corrected chi connectivity index (χ4v) is 10.5. The fraction of sp³-hybridized carbons (Fsp3) is 0. The van der Waals surface area contributed by atoms with Gasteiger partial charge in [0, 0.05) is 61.4 Å². The third-order valence-corrected chi connectivity index (χ3v) is 13.9. The van der Waals surface area contributed by atoms with Gasteiger partial charge in [-0.2, -0.15) is 0 Å². The van der Waals surface area contributed by atoms with E-state index in [0.717, 1.165) is 83.0 Å². The van der Waals surface area contributed by atoms with Crippen LogP contribution >= 0.6 is 11.3 Å². The quantitative estimate of drug-likeness (QED) is 0.148. The average Bonchev–Trinajstić information content (AvgIpc) is 3.80. The van der Waals surface area contributed by atoms with Crippen LogP contribution in [0, 0.1) is 0 Å². The summed E-state index contributed by atoms with van der Waals surface area (Å²) in [5.74, 6) is 1.29. The second kappa shape index (κ2) is 16.0. The van der Waals surface area contributed by atoms with Crippen molar-refractivity contribution in [3.63, 3.8) is 0 Å². The highest BCUT2D eigenvalue weighted by Crippen LogP contribution is 2.43. The van der Waals surface area contributed by atoms with Crippen LogP contribution in [0.1, 0.15) is 0 Å². The van der Waals surface area contributed by atoms with Crippen molar-refractivity contribution in [1.82, 2.24) is 29.9 Å². The normalized spacial score (nSPS) is 11.6. The summed E-state index contributed by atoms with van der Waals surface area (Å²) in [5.41, 5.74) is 12.3. The summed E-state index contributed by atoms with van der Waals surface area (Å²) in [7, 11) is 0. The van der Waals surface area contributed by atoms with Gasteiger partial charge in [-0.1, -0.05) is 170 Å². The van der Waals surface area contributed by atoms with Crippen LogP contribution in [0.15, 0.2) is 219 Å². The van der Waals surface area contributed by atoms with Crippen molar-refractivity contribution in [1.29, 1.82) is 0 Å². The Labute approximate surface area is 389 Å². The molecule has 0 spiro atoms. The molecule has 5 heterocycles. The zero-order valence-electron chi connectivity index (χ0n) is 35.9. The van der Waals surface area contributed by atoms with E-state index in [1.54, 1.807) is 11.3 Å². The maximum atomic E-state index is 5.41. The minimum absolute atomic E-state index is 0.623. The molecule has 6 nitrogen and oxygen atoms in total. The molecule has 13 aromatic rings. The highest BCUT2D eigenvalue weighted by Gasteiger charge is 2.19. The molecule has 0 saturated carbocycles. The molecule has 0 aliphatic rings. The highest BCUT2D eigenvalue weighted by atomic mass is 32.1. The van der Waals surface area contributed by atoms with E-state index in [2.05, 4.69) is 180 Å². The second-order valence-corrected chi connectivity index (χ2v) is 17.7. The van der Waals surface area contributed by atoms with Gasteiger partial charge in [0.05, 0.1) is 38.7 Å². The molecule has 0 radical (unpaired) electrons. The van der Waals surface area contributed by atoms with Crippen molar-refractivity contribution in [2.75, 3.05) is 0 Å². The van der Waals surface area contributed by atoms with E-state index in [0.29, 0.717) is 11.6 Å². The highest BCUT2D eigenvalue weighted by molar-refractivity contribution is 7.27. The predicted octanol–water partition coefficient (Wildman–Crippen LogP) is 15.6. The van der Waals surface area contributed by atoms with E-state index in [-0.39, 0.29) is 0 Å². The maximum Gasteiger partial charge on any atom is 0.160 e. The van der Waals surface area contributed by atoms with Gasteiger partial charge in [-0.15, -0.1) is 11.3 Å². The lowest BCUT2D eigenvalue weighted by Crippen LogP contribution is -1.97. The van der Waals surface area contributed by atoms with Gasteiger partial charge in [-0.25, -0.2) is 19.9 Å². The summed E-state index contributed by atoms with van der Waals surface area (Å²) in [6, 6.07) is 71.9. The zero-order valence-corrected chi connectivity index (χ0v) is 36.7. The fourth-order valence-electron chi connectivity index (χ4n) is 9.19. The van der Waals surface area contributed by atoms with Crippen LogP contribution in [0.25, 0.3) is 132 Å². The van der Waals surface area contributed by atoms with Gasteiger partial charge in [0.15, 0.2) is 11.6 Å². The van der Waals surface area contributed by atoms with Gasteiger partial charge in [-0.3, -0.25) is 9.97 Å². The number of pyridine rings is 2. The molecule has 0 atom stereocenters. The molecule has 0 amide bonds. The second-order valence-electron chi connectivity index (χ2n) is 16.7. The number of hydrogen-bond acceptors (Lipinski definition) is 7. The third-order valence-electron chi connectivity index (χ3n) is 12.6. The molecule has 0 saturated heterocycles. The van der Waals surface area contributed by atoms with E-state index in [1.807, 2.05) is 48.8 Å². The molecule has 312 valence electrons. The molecule has 67 heavy (non-hydrogen) atoms. The monoisotopic (exact) mass is 872 g/mol. The molecule has 0 bridgehead atoms. The molecule has 8 aromatic carbocycles. The Balaban J connectivity index is 0.929. The maximum absolute atomic E-state index is 5.41. The lowest BCUT2D eigenvalue weighted by atomic mass is 9.99. The summed E-state index contributed by atoms with van der Waals surface area (Å²) in [4.78, 5) is 30.3. The molecule has 0 fully saturated rings. The Morgan fingerprint density at radius 2 is 0.746 bits per heavy atom. The van der Waals surface area contributed by atoms with Crippen LogP contribution in [-0.2, 0) is 0 Å². The van der Waals surface area contributed by atoms with Crippen molar-refractivity contribution in [3.8, 4) is 79.1 Å². The number of aromatic nitrogens is 6. The topological polar surface area (TPSA) is 77.3 Å². The predicted molar refractivity (Wildman–Crippen MR) is 277 cm³/mol. The first-order valence-electron chi connectivity index (χ1n) is 22.2. The SMILES string of the molecule is c1ccc(-c2ccc(-c3cc(-c4ccc(-c5ccccn5)cc4)nc(-c4ccc(-c5nc(-c6ccc7c(ccc8ccccc87)c6)c6sc7c8ccccc8ccc7c6n5)cc4)n3)cc2)nc1. The molecule has 0 aliphatic carbocycles. The minimum Gasteiger partial charge on any atom is -0.256 e. The van der Waals surface area contributed by atoms with Crippen LogP contribution in [0.3, 0.4) is 0 Å². The Morgan fingerprint density at radius 3 is 1.36 bits per heavy atom. The Morgan fingerprint density at radius 1 is 0.284 bits per heavy atom. The van der Waals surface area contributed by atoms with Gasteiger partial charge in [0.1, 0.15) is 0 Å². The van der Waals surface area contributed by atoms with Gasteiger partial charge >= 0.3 is 0 Å². The number of thiophene rings is 1. The van der Waals surface area contributed by atoms with E-state index >= 15 is 0 Å². The Kier molecular flexibility index (Phi) is 9.25. The van der Waals surface area contributed by atoms with E-state index in [1.165, 1.54) is 37.0 Å². The number of hydrogen-bond donors (Lipinski definition) is 0. The molecule has 0 N–H and O–H groups in total. The lowest BCUT2D eigenvalue weighted by Gasteiger charge is -2.11. The summed E-state index contributed by atoms with van der Waals surface area (Å²) in [5, 5.41) is 8.44. The summed E-state index contributed by atoms with van der Waals surface area (Å²) in [6.07, 6.45) is 3.63. The molecule has 7 heteroatoms. The average molecular weight is 873 g/mol. The van der Waals surface area contributed by atoms with Crippen molar-refractivity contribution < 1.29 is 0 Å². The summed E-state index contributed by atoms with van der Waals surface area (Å²) in [6.45, 7) is 0. The Hall–Kier alpha value is -8.78. The van der Waals surface area contributed by atoms with Crippen molar-refractivity contribution in [3.05, 3.63) is 219 Å². The number of nitrogens with zero attached hydrogens (tertiary/aromatic N) is 6. The number of fused-ring (bicyclic) bond motifs is 8. The largest absolute Gasteiger partial charge is 0.256 e. The van der Waals surface area contributed by atoms with Crippen LogP contribution in [-0.4, -0.2) is 29.9 Å². The molecular weight excluding hydrogens is 837 g/mol. The molecule has 13 rings (SSSR count). The lowest BCUT2D eigenvalue weighted by molar-refractivity contribution is 1.18. The van der Waals surface area contributed by atoms with Crippen LogP contribution in [0.5, 0.6) is 0 Å². The van der Waals surface area contributed by atoms with Crippen LogP contribution in [0.4, 0.5) is 0 Å².